The Morgan fingerprint density at radius 2 is 2.26 bits per heavy atom. The van der Waals surface area contributed by atoms with E-state index in [1.807, 2.05) is 11.3 Å². The fourth-order valence-electron chi connectivity index (χ4n) is 3.37. The van der Waals surface area contributed by atoms with Gasteiger partial charge in [0, 0.05) is 29.5 Å². The first kappa shape index (κ1) is 15.0. The maximum atomic E-state index is 6.14. The summed E-state index contributed by atoms with van der Waals surface area (Å²) in [4.78, 5) is 4.23. The molecule has 0 fully saturated rings. The Morgan fingerprint density at radius 3 is 2.95 bits per heavy atom. The monoisotopic (exact) mass is 280 g/mol. The molecule has 1 aliphatic heterocycles. The summed E-state index contributed by atoms with van der Waals surface area (Å²) in [5.41, 5.74) is 7.83. The summed E-state index contributed by atoms with van der Waals surface area (Å²) in [5, 5.41) is 2.24. The van der Waals surface area contributed by atoms with E-state index in [0.717, 1.165) is 13.1 Å². The highest BCUT2D eigenvalue weighted by atomic mass is 32.1. The van der Waals surface area contributed by atoms with Crippen LogP contribution in [0.3, 0.4) is 0 Å². The van der Waals surface area contributed by atoms with Crippen LogP contribution in [0.1, 0.15) is 62.9 Å². The first-order chi connectivity index (χ1) is 9.12. The smallest absolute Gasteiger partial charge is 0.0336 e. The van der Waals surface area contributed by atoms with Gasteiger partial charge >= 0.3 is 0 Å². The Bertz CT molecular complexity index is 401. The van der Waals surface area contributed by atoms with Gasteiger partial charge < -0.3 is 5.73 Å². The van der Waals surface area contributed by atoms with Crippen molar-refractivity contribution in [3.05, 3.63) is 21.9 Å². The molecule has 2 nitrogen and oxygen atoms in total. The minimum Gasteiger partial charge on any atom is -0.329 e. The minimum atomic E-state index is 0.161. The van der Waals surface area contributed by atoms with Crippen LogP contribution in [0.15, 0.2) is 11.4 Å². The van der Waals surface area contributed by atoms with E-state index in [9.17, 15) is 0 Å². The molecule has 2 N–H and O–H groups in total. The fourth-order valence-corrected chi connectivity index (χ4v) is 4.33. The van der Waals surface area contributed by atoms with E-state index in [1.54, 1.807) is 4.88 Å². The second-order valence-electron chi connectivity index (χ2n) is 6.08. The molecule has 108 valence electrons. The van der Waals surface area contributed by atoms with Crippen molar-refractivity contribution in [2.24, 2.45) is 5.73 Å². The number of fused-ring (bicyclic) bond motifs is 1. The van der Waals surface area contributed by atoms with Gasteiger partial charge in [-0.15, -0.1) is 11.3 Å². The van der Waals surface area contributed by atoms with Crippen molar-refractivity contribution in [1.82, 2.24) is 4.90 Å². The molecule has 0 radical (unpaired) electrons. The topological polar surface area (TPSA) is 29.3 Å². The molecule has 0 spiro atoms. The second kappa shape index (κ2) is 6.38. The van der Waals surface area contributed by atoms with Crippen LogP contribution in [0.25, 0.3) is 0 Å². The molecule has 1 aromatic heterocycles. The maximum Gasteiger partial charge on any atom is 0.0336 e. The van der Waals surface area contributed by atoms with Crippen molar-refractivity contribution in [1.29, 1.82) is 0 Å². The Hall–Kier alpha value is -0.380. The molecule has 2 atom stereocenters. The van der Waals surface area contributed by atoms with Gasteiger partial charge in [-0.25, -0.2) is 0 Å². The standard InChI is InChI=1S/C16H28N2S/c1-4-5-6-9-16(3,12-17)18-10-7-15-14(13(18)2)8-11-19-15/h8,11,13H,4-7,9-10,12,17H2,1-3H3. The number of rotatable bonds is 6. The van der Waals surface area contributed by atoms with Crippen LogP contribution in [0.5, 0.6) is 0 Å². The highest BCUT2D eigenvalue weighted by Gasteiger charge is 2.36. The minimum absolute atomic E-state index is 0.161. The third-order valence-electron chi connectivity index (χ3n) is 4.73. The Labute approximate surface area is 122 Å². The molecule has 1 aromatic rings. The molecule has 0 amide bonds. The van der Waals surface area contributed by atoms with Crippen molar-refractivity contribution < 1.29 is 0 Å². The summed E-state index contributed by atoms with van der Waals surface area (Å²) in [7, 11) is 0. The molecule has 0 saturated heterocycles. The summed E-state index contributed by atoms with van der Waals surface area (Å²) in [6.07, 6.45) is 6.32. The van der Waals surface area contributed by atoms with Crippen LogP contribution >= 0.6 is 11.3 Å². The Morgan fingerprint density at radius 1 is 1.47 bits per heavy atom. The van der Waals surface area contributed by atoms with E-state index in [2.05, 4.69) is 37.1 Å². The van der Waals surface area contributed by atoms with Gasteiger partial charge in [0.25, 0.3) is 0 Å². The van der Waals surface area contributed by atoms with Crippen LogP contribution in [0, 0.1) is 0 Å². The van der Waals surface area contributed by atoms with Gasteiger partial charge in [0.15, 0.2) is 0 Å². The number of thiophene rings is 1. The number of hydrogen-bond acceptors (Lipinski definition) is 3. The molecule has 19 heavy (non-hydrogen) atoms. The molecule has 0 bridgehead atoms. The van der Waals surface area contributed by atoms with Crippen LogP contribution in [0.4, 0.5) is 0 Å². The van der Waals surface area contributed by atoms with Crippen molar-refractivity contribution >= 4 is 11.3 Å². The summed E-state index contributed by atoms with van der Waals surface area (Å²) in [6, 6.07) is 2.82. The van der Waals surface area contributed by atoms with Crippen LogP contribution in [-0.2, 0) is 6.42 Å². The molecular weight excluding hydrogens is 252 g/mol. The lowest BCUT2D eigenvalue weighted by atomic mass is 9.87. The normalized spacial score (nSPS) is 23.1. The van der Waals surface area contributed by atoms with E-state index in [1.165, 1.54) is 37.7 Å². The molecule has 2 unspecified atom stereocenters. The average Bonchev–Trinajstić information content (AvgIpc) is 2.88. The molecule has 0 aromatic carbocycles. The van der Waals surface area contributed by atoms with E-state index in [4.69, 9.17) is 5.73 Å². The van der Waals surface area contributed by atoms with Crippen LogP contribution < -0.4 is 5.73 Å². The van der Waals surface area contributed by atoms with Crippen molar-refractivity contribution in [2.45, 2.75) is 64.5 Å². The fraction of sp³-hybridized carbons (Fsp3) is 0.750. The van der Waals surface area contributed by atoms with Gasteiger partial charge in [-0.05, 0) is 43.7 Å². The molecule has 2 heterocycles. The number of hydrogen-bond donors (Lipinski definition) is 1. The van der Waals surface area contributed by atoms with E-state index < -0.39 is 0 Å². The summed E-state index contributed by atoms with van der Waals surface area (Å²) in [5.74, 6) is 0. The largest absolute Gasteiger partial charge is 0.329 e. The number of nitrogens with two attached hydrogens (primary N) is 1. The first-order valence-electron chi connectivity index (χ1n) is 7.65. The lowest BCUT2D eigenvalue weighted by Crippen LogP contribution is -2.54. The molecular formula is C16H28N2S. The lowest BCUT2D eigenvalue weighted by Gasteiger charge is -2.47. The maximum absolute atomic E-state index is 6.14. The first-order valence-corrected chi connectivity index (χ1v) is 8.53. The van der Waals surface area contributed by atoms with Gasteiger partial charge in [0.1, 0.15) is 0 Å². The molecule has 2 rings (SSSR count). The number of nitrogens with zero attached hydrogens (tertiary/aromatic N) is 1. The summed E-state index contributed by atoms with van der Waals surface area (Å²) in [6.45, 7) is 8.89. The van der Waals surface area contributed by atoms with E-state index in [0.29, 0.717) is 6.04 Å². The zero-order valence-corrected chi connectivity index (χ0v) is 13.4. The van der Waals surface area contributed by atoms with Crippen molar-refractivity contribution in [3.8, 4) is 0 Å². The van der Waals surface area contributed by atoms with Crippen LogP contribution in [-0.4, -0.2) is 23.5 Å². The van der Waals surface area contributed by atoms with Gasteiger partial charge in [-0.1, -0.05) is 26.2 Å². The van der Waals surface area contributed by atoms with Gasteiger partial charge in [-0.3, -0.25) is 4.90 Å². The summed E-state index contributed by atoms with van der Waals surface area (Å²) >= 11 is 1.91. The zero-order chi connectivity index (χ0) is 13.9. The zero-order valence-electron chi connectivity index (χ0n) is 12.6. The Kier molecular flexibility index (Phi) is 5.04. The molecule has 0 saturated carbocycles. The average molecular weight is 280 g/mol. The van der Waals surface area contributed by atoms with Crippen LogP contribution in [0.2, 0.25) is 0 Å². The van der Waals surface area contributed by atoms with Crippen molar-refractivity contribution in [2.75, 3.05) is 13.1 Å². The highest BCUT2D eigenvalue weighted by molar-refractivity contribution is 7.10. The molecule has 1 aliphatic rings. The number of unbranched alkanes of at least 4 members (excludes halogenated alkanes) is 2. The SMILES string of the molecule is CCCCCC(C)(CN)N1CCc2sccc2C1C. The van der Waals surface area contributed by atoms with Gasteiger partial charge in [-0.2, -0.15) is 0 Å². The Balaban J connectivity index is 2.11. The highest BCUT2D eigenvalue weighted by Crippen LogP contribution is 2.38. The predicted molar refractivity (Wildman–Crippen MR) is 84.7 cm³/mol. The molecule has 0 aliphatic carbocycles. The third kappa shape index (κ3) is 3.04. The third-order valence-corrected chi connectivity index (χ3v) is 5.73. The quantitative estimate of drug-likeness (QED) is 0.799. The van der Waals surface area contributed by atoms with Gasteiger partial charge in [0.2, 0.25) is 0 Å². The summed E-state index contributed by atoms with van der Waals surface area (Å²) < 4.78 is 0. The predicted octanol–water partition coefficient (Wildman–Crippen LogP) is 3.96. The van der Waals surface area contributed by atoms with E-state index in [-0.39, 0.29) is 5.54 Å². The van der Waals surface area contributed by atoms with E-state index >= 15 is 0 Å². The van der Waals surface area contributed by atoms with Gasteiger partial charge in [0.05, 0.1) is 0 Å². The molecule has 3 heteroatoms. The second-order valence-corrected chi connectivity index (χ2v) is 7.08. The van der Waals surface area contributed by atoms with Crippen molar-refractivity contribution in [3.63, 3.8) is 0 Å². The lowest BCUT2D eigenvalue weighted by molar-refractivity contribution is 0.0524.